The molecule has 1 saturated carbocycles. The number of carbonyl (C=O) groups is 2. The molecule has 3 amide bonds. The maximum absolute atomic E-state index is 12.6. The van der Waals surface area contributed by atoms with E-state index in [9.17, 15) is 18.0 Å². The van der Waals surface area contributed by atoms with E-state index in [1.54, 1.807) is 25.3 Å². The van der Waals surface area contributed by atoms with E-state index in [0.29, 0.717) is 73.9 Å². The number of hydrogen-bond acceptors (Lipinski definition) is 5. The summed E-state index contributed by atoms with van der Waals surface area (Å²) in [4.78, 5) is 28.6. The van der Waals surface area contributed by atoms with Gasteiger partial charge in [-0.2, -0.15) is 12.7 Å². The summed E-state index contributed by atoms with van der Waals surface area (Å²) in [6.07, 6.45) is 10.5. The molecule has 0 unspecified atom stereocenters. The molecule has 188 valence electrons. The quantitative estimate of drug-likeness (QED) is 0.464. The van der Waals surface area contributed by atoms with E-state index >= 15 is 0 Å². The first-order chi connectivity index (χ1) is 15.8. The van der Waals surface area contributed by atoms with Gasteiger partial charge in [0.1, 0.15) is 0 Å². The number of urea groups is 1. The van der Waals surface area contributed by atoms with Gasteiger partial charge < -0.3 is 16.1 Å². The van der Waals surface area contributed by atoms with Crippen LogP contribution in [0.4, 0.5) is 4.79 Å². The van der Waals surface area contributed by atoms with Crippen molar-refractivity contribution in [3.63, 3.8) is 0 Å². The van der Waals surface area contributed by atoms with E-state index < -0.39 is 16.2 Å². The van der Waals surface area contributed by atoms with Gasteiger partial charge in [-0.15, -0.1) is 0 Å². The van der Waals surface area contributed by atoms with E-state index in [2.05, 4.69) is 32.5 Å². The van der Waals surface area contributed by atoms with Gasteiger partial charge in [-0.1, -0.05) is 12.2 Å². The average Bonchev–Trinajstić information content (AvgIpc) is 3.41. The van der Waals surface area contributed by atoms with Crippen LogP contribution in [0.3, 0.4) is 0 Å². The Labute approximate surface area is 201 Å². The first kappa shape index (κ1) is 26.1. The Balaban J connectivity index is 0.00000324. The molecule has 0 radical (unpaired) electrons. The zero-order valence-corrected chi connectivity index (χ0v) is 20.3. The van der Waals surface area contributed by atoms with Crippen molar-refractivity contribution < 1.29 is 23.5 Å². The number of amides is 3. The topological polar surface area (TPSA) is 152 Å². The van der Waals surface area contributed by atoms with Crippen LogP contribution in [0.5, 0.6) is 0 Å². The van der Waals surface area contributed by atoms with Crippen LogP contribution in [0.1, 0.15) is 48.2 Å². The number of piperidine rings is 1. The average molecular weight is 494 g/mol. The summed E-state index contributed by atoms with van der Waals surface area (Å²) >= 11 is 0. The Hall–Kier alpha value is -2.50. The van der Waals surface area contributed by atoms with Crippen LogP contribution in [0.15, 0.2) is 30.5 Å². The van der Waals surface area contributed by atoms with Crippen LogP contribution in [0.25, 0.3) is 0 Å². The Kier molecular flexibility index (Phi) is 8.67. The third-order valence-electron chi connectivity index (χ3n) is 7.17. The maximum Gasteiger partial charge on any atom is 0.329 e. The number of carbonyl (C=O) groups excluding carboxylic acids is 2. The zero-order chi connectivity index (χ0) is 23.4. The number of aryl methyl sites for hydroxylation is 1. The van der Waals surface area contributed by atoms with Crippen molar-refractivity contribution in [2.24, 2.45) is 23.7 Å². The van der Waals surface area contributed by atoms with Gasteiger partial charge in [0.15, 0.2) is 0 Å². The summed E-state index contributed by atoms with van der Waals surface area (Å²) in [6.45, 7) is 3.55. The highest BCUT2D eigenvalue weighted by atomic mass is 32.2. The lowest BCUT2D eigenvalue weighted by atomic mass is 9.94. The minimum Gasteiger partial charge on any atom is -0.412 e. The van der Waals surface area contributed by atoms with Gasteiger partial charge in [0.2, 0.25) is 0 Å². The summed E-state index contributed by atoms with van der Waals surface area (Å²) in [5.74, 6) is 1.70. The highest BCUT2D eigenvalue weighted by Crippen LogP contribution is 2.42. The van der Waals surface area contributed by atoms with Crippen molar-refractivity contribution in [1.82, 2.24) is 24.6 Å². The molecule has 4 rings (SSSR count). The molecule has 11 heteroatoms. The molecule has 2 bridgehead atoms. The molecule has 2 aliphatic carbocycles. The molecule has 2 heterocycles. The van der Waals surface area contributed by atoms with E-state index in [-0.39, 0.29) is 11.4 Å². The minimum atomic E-state index is -3.86. The highest BCUT2D eigenvalue weighted by Gasteiger charge is 2.36. The van der Waals surface area contributed by atoms with E-state index in [1.807, 2.05) is 0 Å². The van der Waals surface area contributed by atoms with Crippen LogP contribution in [-0.4, -0.2) is 61.3 Å². The second kappa shape index (κ2) is 11.3. The van der Waals surface area contributed by atoms with E-state index in [0.717, 1.165) is 19.3 Å². The molecule has 0 spiro atoms. The molecule has 1 saturated heterocycles. The fourth-order valence-corrected chi connectivity index (χ4v) is 6.35. The number of fused-ring (bicyclic) bond motifs is 2. The lowest BCUT2D eigenvalue weighted by Gasteiger charge is -2.31. The molecule has 34 heavy (non-hydrogen) atoms. The van der Waals surface area contributed by atoms with Crippen molar-refractivity contribution in [2.75, 3.05) is 26.2 Å². The van der Waals surface area contributed by atoms with Gasteiger partial charge in [0.25, 0.3) is 5.91 Å². The Morgan fingerprint density at radius 1 is 1.15 bits per heavy atom. The predicted molar refractivity (Wildman–Crippen MR) is 128 cm³/mol. The van der Waals surface area contributed by atoms with Crippen LogP contribution in [0.2, 0.25) is 0 Å². The first-order valence-corrected chi connectivity index (χ1v) is 13.2. The molecule has 10 nitrogen and oxygen atoms in total. The molecule has 2 fully saturated rings. The molecular formula is C23H35N5O5S. The highest BCUT2D eigenvalue weighted by molar-refractivity contribution is 7.87. The van der Waals surface area contributed by atoms with E-state index in [1.165, 1.54) is 4.31 Å². The Morgan fingerprint density at radius 2 is 1.91 bits per heavy atom. The van der Waals surface area contributed by atoms with Gasteiger partial charge >= 0.3 is 16.2 Å². The van der Waals surface area contributed by atoms with Gasteiger partial charge in [-0.3, -0.25) is 9.78 Å². The fraction of sp³-hybridized carbons (Fsp3) is 0.609. The molecular weight excluding hydrogens is 458 g/mol. The second-order valence-electron chi connectivity index (χ2n) is 9.38. The molecule has 3 atom stereocenters. The number of pyridine rings is 1. The summed E-state index contributed by atoms with van der Waals surface area (Å²) in [7, 11) is -3.86. The van der Waals surface area contributed by atoms with Gasteiger partial charge in [-0.05, 0) is 74.8 Å². The normalized spacial score (nSPS) is 24.4. The summed E-state index contributed by atoms with van der Waals surface area (Å²) < 4.78 is 28.7. The van der Waals surface area contributed by atoms with Crippen molar-refractivity contribution in [2.45, 2.75) is 39.0 Å². The Morgan fingerprint density at radius 3 is 2.56 bits per heavy atom. The monoisotopic (exact) mass is 493 g/mol. The fourth-order valence-electron chi connectivity index (χ4n) is 5.22. The number of nitrogens with zero attached hydrogens (tertiary/aromatic N) is 2. The van der Waals surface area contributed by atoms with Crippen LogP contribution < -0.4 is 15.4 Å². The number of nitrogens with one attached hydrogen (secondary N) is 3. The smallest absolute Gasteiger partial charge is 0.329 e. The molecule has 1 aromatic rings. The summed E-state index contributed by atoms with van der Waals surface area (Å²) in [5.41, 5.74) is 1.26. The van der Waals surface area contributed by atoms with Crippen molar-refractivity contribution in [1.29, 1.82) is 0 Å². The van der Waals surface area contributed by atoms with Crippen molar-refractivity contribution in [3.05, 3.63) is 41.7 Å². The number of aromatic nitrogens is 1. The summed E-state index contributed by atoms with van der Waals surface area (Å²) in [6, 6.07) is 2.83. The van der Waals surface area contributed by atoms with Gasteiger partial charge in [0.05, 0.1) is 5.56 Å². The lowest BCUT2D eigenvalue weighted by molar-refractivity contribution is 0.0949. The SMILES string of the molecule is Cc1ncccc1C(=O)NCCC1CCN(S(=O)(=O)NC(=O)NC[C@@H]2C[C@@H]3C=C[C@@H]2C3)CC1.O. The van der Waals surface area contributed by atoms with Crippen LogP contribution >= 0.6 is 0 Å². The molecule has 1 aromatic heterocycles. The molecule has 1 aliphatic heterocycles. The summed E-state index contributed by atoms with van der Waals surface area (Å²) in [5, 5.41) is 5.66. The third-order valence-corrected chi connectivity index (χ3v) is 8.65. The van der Waals surface area contributed by atoms with Crippen molar-refractivity contribution >= 4 is 22.1 Å². The zero-order valence-electron chi connectivity index (χ0n) is 19.5. The molecule has 3 aliphatic rings. The lowest BCUT2D eigenvalue weighted by Crippen LogP contribution is -2.50. The van der Waals surface area contributed by atoms with Crippen molar-refractivity contribution in [3.8, 4) is 0 Å². The first-order valence-electron chi connectivity index (χ1n) is 11.8. The standard InChI is InChI=1S/C23H33N5O4S.H2O/c1-16-21(3-2-9-24-16)22(29)25-10-6-17-7-11-28(12-8-17)33(31,32)27-23(30)26-15-20-14-18-4-5-19(20)13-18;/h2-5,9,17-20H,6-8,10-15H2,1H3,(H,25,29)(H2,26,27,30);1H2/t18-,19-,20+;/m1./s1. The van der Waals surface area contributed by atoms with Crippen LogP contribution in [-0.2, 0) is 10.2 Å². The third kappa shape index (κ3) is 6.34. The number of hydrogen-bond donors (Lipinski definition) is 3. The molecule has 0 aromatic carbocycles. The van der Waals surface area contributed by atoms with E-state index in [4.69, 9.17) is 0 Å². The molecule has 5 N–H and O–H groups in total. The maximum atomic E-state index is 12.6. The van der Waals surface area contributed by atoms with Crippen LogP contribution in [0, 0.1) is 30.6 Å². The number of rotatable bonds is 8. The van der Waals surface area contributed by atoms with Gasteiger partial charge in [0, 0.05) is 38.1 Å². The largest absolute Gasteiger partial charge is 0.412 e. The second-order valence-corrected chi connectivity index (χ2v) is 11.1. The predicted octanol–water partition coefficient (Wildman–Crippen LogP) is 1.15. The minimum absolute atomic E-state index is 0. The Bertz CT molecular complexity index is 1010. The van der Waals surface area contributed by atoms with Gasteiger partial charge in [-0.25, -0.2) is 9.52 Å². The number of allylic oxidation sites excluding steroid dienone is 2.